The van der Waals surface area contributed by atoms with Crippen molar-refractivity contribution in [3.8, 4) is 73.4 Å². The first kappa shape index (κ1) is 33.2. The first-order chi connectivity index (χ1) is 29.2. The molecule has 12 rings (SSSR count). The average Bonchev–Trinajstić information content (AvgIpc) is 3.79. The molecule has 10 aromatic rings. The average molecular weight is 748 g/mol. The number of nitrogens with zero attached hydrogens (tertiary/aromatic N) is 3. The van der Waals surface area contributed by atoms with Crippen LogP contribution in [0, 0.1) is 11.3 Å². The van der Waals surface area contributed by atoms with Crippen molar-refractivity contribution in [2.24, 2.45) is 0 Å². The summed E-state index contributed by atoms with van der Waals surface area (Å²) < 4.78 is 0. The smallest absolute Gasteiger partial charge is 0.161 e. The van der Waals surface area contributed by atoms with Crippen molar-refractivity contribution < 1.29 is 0 Å². The van der Waals surface area contributed by atoms with Gasteiger partial charge in [0.05, 0.1) is 28.4 Å². The van der Waals surface area contributed by atoms with Gasteiger partial charge in [0.25, 0.3) is 0 Å². The highest BCUT2D eigenvalue weighted by atomic mass is 14.9. The van der Waals surface area contributed by atoms with Gasteiger partial charge >= 0.3 is 0 Å². The molecule has 1 spiro atoms. The Morgan fingerprint density at radius 3 is 1.54 bits per heavy atom. The number of benzene rings is 9. The largest absolute Gasteiger partial charge is 0.228 e. The van der Waals surface area contributed by atoms with Crippen LogP contribution in [0.4, 0.5) is 0 Å². The van der Waals surface area contributed by atoms with Crippen LogP contribution < -0.4 is 0 Å². The molecule has 0 bridgehead atoms. The Kier molecular flexibility index (Phi) is 7.21. The summed E-state index contributed by atoms with van der Waals surface area (Å²) in [6.45, 7) is 0. The van der Waals surface area contributed by atoms with Gasteiger partial charge in [0.15, 0.2) is 5.82 Å². The van der Waals surface area contributed by atoms with Crippen molar-refractivity contribution in [2.45, 2.75) is 5.41 Å². The molecular formula is C56H33N3. The maximum Gasteiger partial charge on any atom is 0.161 e. The lowest BCUT2D eigenvalue weighted by Crippen LogP contribution is -2.25. The Bertz CT molecular complexity index is 3250. The van der Waals surface area contributed by atoms with E-state index in [9.17, 15) is 5.26 Å². The van der Waals surface area contributed by atoms with Gasteiger partial charge in [0.1, 0.15) is 0 Å². The van der Waals surface area contributed by atoms with Crippen molar-refractivity contribution in [3.63, 3.8) is 0 Å². The summed E-state index contributed by atoms with van der Waals surface area (Å²) in [4.78, 5) is 10.6. The lowest BCUT2D eigenvalue weighted by molar-refractivity contribution is 0.793. The summed E-state index contributed by atoms with van der Waals surface area (Å²) in [6.07, 6.45) is 0. The molecule has 0 N–H and O–H groups in total. The van der Waals surface area contributed by atoms with Crippen LogP contribution in [0.1, 0.15) is 27.8 Å². The van der Waals surface area contributed by atoms with Gasteiger partial charge in [-0.3, -0.25) is 0 Å². The van der Waals surface area contributed by atoms with Crippen LogP contribution in [-0.4, -0.2) is 9.97 Å². The van der Waals surface area contributed by atoms with Crippen molar-refractivity contribution in [1.82, 2.24) is 9.97 Å². The van der Waals surface area contributed by atoms with E-state index in [2.05, 4.69) is 194 Å². The van der Waals surface area contributed by atoms with Crippen molar-refractivity contribution in [3.05, 3.63) is 228 Å². The second-order valence-corrected chi connectivity index (χ2v) is 15.5. The van der Waals surface area contributed by atoms with Gasteiger partial charge in [-0.05, 0) is 83.7 Å². The minimum atomic E-state index is -0.530. The van der Waals surface area contributed by atoms with E-state index >= 15 is 0 Å². The van der Waals surface area contributed by atoms with E-state index in [0.29, 0.717) is 11.4 Å². The van der Waals surface area contributed by atoms with Crippen LogP contribution in [0.2, 0.25) is 0 Å². The molecule has 2 aliphatic carbocycles. The molecule has 3 nitrogen and oxygen atoms in total. The number of rotatable bonds is 4. The SMILES string of the molecule is N#Cc1cccc2c1-c1c(-c3ccc(-c4cc(-c5cccc6ccccc56)nc(-c5cccc6ccccc56)n4)cc3)cccc1C21c2ccccc2-c2ccccc21. The van der Waals surface area contributed by atoms with Gasteiger partial charge in [-0.15, -0.1) is 0 Å². The summed E-state index contributed by atoms with van der Waals surface area (Å²) in [6, 6.07) is 73.6. The molecule has 0 amide bonds. The summed E-state index contributed by atoms with van der Waals surface area (Å²) >= 11 is 0. The molecule has 1 heterocycles. The predicted molar refractivity (Wildman–Crippen MR) is 240 cm³/mol. The quantitative estimate of drug-likeness (QED) is 0.180. The standard InChI is InChI=1S/C56H33N3/c57-34-39-17-11-27-49-53(39)54-42(22-12-28-50(54)56(49)47-25-7-5-20-43(47)44-21-6-8-26-48(44)56)37-29-31-38(32-30-37)51-33-52(45-23-9-15-35-13-1-3-18-40(35)45)59-55(58-51)46-24-10-16-36-14-2-4-19-41(36)46/h1-33H. The molecule has 0 atom stereocenters. The molecule has 3 heteroatoms. The Labute approximate surface area is 342 Å². The zero-order valence-corrected chi connectivity index (χ0v) is 31.9. The van der Waals surface area contributed by atoms with Gasteiger partial charge in [-0.1, -0.05) is 188 Å². The third-order valence-corrected chi connectivity index (χ3v) is 12.6. The zero-order chi connectivity index (χ0) is 39.1. The lowest BCUT2D eigenvalue weighted by atomic mass is 9.70. The Morgan fingerprint density at radius 2 is 0.847 bits per heavy atom. The van der Waals surface area contributed by atoms with Crippen molar-refractivity contribution >= 4 is 21.5 Å². The molecule has 0 aliphatic heterocycles. The number of hydrogen-bond donors (Lipinski definition) is 0. The third-order valence-electron chi connectivity index (χ3n) is 12.6. The summed E-state index contributed by atoms with van der Waals surface area (Å²) in [5.41, 5.74) is 16.7. The zero-order valence-electron chi connectivity index (χ0n) is 31.9. The molecule has 0 saturated heterocycles. The van der Waals surface area contributed by atoms with E-state index in [1.165, 1.54) is 33.2 Å². The highest BCUT2D eigenvalue weighted by molar-refractivity contribution is 6.02. The minimum Gasteiger partial charge on any atom is -0.228 e. The van der Waals surface area contributed by atoms with Gasteiger partial charge in [-0.25, -0.2) is 9.97 Å². The maximum atomic E-state index is 10.6. The van der Waals surface area contributed by atoms with Crippen LogP contribution in [0.15, 0.2) is 200 Å². The Hall–Kier alpha value is -7.93. The molecular weight excluding hydrogens is 715 g/mol. The van der Waals surface area contributed by atoms with Crippen LogP contribution in [0.25, 0.3) is 88.8 Å². The van der Waals surface area contributed by atoms with Gasteiger partial charge in [-0.2, -0.15) is 5.26 Å². The number of fused-ring (bicyclic) bond motifs is 12. The van der Waals surface area contributed by atoms with E-state index in [-0.39, 0.29) is 0 Å². The van der Waals surface area contributed by atoms with Gasteiger partial charge in [0.2, 0.25) is 0 Å². The second kappa shape index (κ2) is 12.8. The number of nitriles is 1. The predicted octanol–water partition coefficient (Wildman–Crippen LogP) is 13.7. The van der Waals surface area contributed by atoms with Crippen molar-refractivity contribution in [1.29, 1.82) is 5.26 Å². The fourth-order valence-corrected chi connectivity index (χ4v) is 10.1. The van der Waals surface area contributed by atoms with Crippen LogP contribution >= 0.6 is 0 Å². The molecule has 0 unspecified atom stereocenters. The Morgan fingerprint density at radius 1 is 0.373 bits per heavy atom. The van der Waals surface area contributed by atoms with Crippen LogP contribution in [0.3, 0.4) is 0 Å². The number of hydrogen-bond acceptors (Lipinski definition) is 3. The van der Waals surface area contributed by atoms with Gasteiger partial charge in [0, 0.05) is 22.3 Å². The Balaban J connectivity index is 1.05. The normalized spacial score (nSPS) is 12.9. The molecule has 0 saturated carbocycles. The minimum absolute atomic E-state index is 0.530. The summed E-state index contributed by atoms with van der Waals surface area (Å²) in [7, 11) is 0. The highest BCUT2D eigenvalue weighted by Crippen LogP contribution is 2.64. The third kappa shape index (κ3) is 4.75. The van der Waals surface area contributed by atoms with E-state index in [1.807, 2.05) is 12.1 Å². The molecule has 0 radical (unpaired) electrons. The van der Waals surface area contributed by atoms with E-state index < -0.39 is 5.41 Å². The van der Waals surface area contributed by atoms with Gasteiger partial charge < -0.3 is 0 Å². The van der Waals surface area contributed by atoms with E-state index in [0.717, 1.165) is 72.1 Å². The molecule has 272 valence electrons. The van der Waals surface area contributed by atoms with Crippen molar-refractivity contribution in [2.75, 3.05) is 0 Å². The maximum absolute atomic E-state index is 10.6. The highest BCUT2D eigenvalue weighted by Gasteiger charge is 2.52. The molecule has 1 aromatic heterocycles. The van der Waals surface area contributed by atoms with Crippen LogP contribution in [0.5, 0.6) is 0 Å². The fourth-order valence-electron chi connectivity index (χ4n) is 10.1. The first-order valence-electron chi connectivity index (χ1n) is 20.1. The number of aromatic nitrogens is 2. The summed E-state index contributed by atoms with van der Waals surface area (Å²) in [5.74, 6) is 0.690. The molecule has 9 aromatic carbocycles. The lowest BCUT2D eigenvalue weighted by Gasteiger charge is -2.30. The van der Waals surface area contributed by atoms with E-state index in [1.54, 1.807) is 0 Å². The molecule has 0 fully saturated rings. The monoisotopic (exact) mass is 747 g/mol. The summed E-state index contributed by atoms with van der Waals surface area (Å²) in [5, 5.41) is 15.2. The topological polar surface area (TPSA) is 49.6 Å². The molecule has 59 heavy (non-hydrogen) atoms. The molecule has 2 aliphatic rings. The van der Waals surface area contributed by atoms with Crippen LogP contribution in [-0.2, 0) is 5.41 Å². The second-order valence-electron chi connectivity index (χ2n) is 15.5. The first-order valence-corrected chi connectivity index (χ1v) is 20.1. The fraction of sp³-hybridized carbons (Fsp3) is 0.0179. The van der Waals surface area contributed by atoms with E-state index in [4.69, 9.17) is 9.97 Å².